The Bertz CT molecular complexity index is 1100. The Kier molecular flexibility index (Phi) is 6.18. The average molecular weight is 461 g/mol. The lowest BCUT2D eigenvalue weighted by atomic mass is 9.99. The van der Waals surface area contributed by atoms with Crippen LogP contribution in [0.15, 0.2) is 24.4 Å². The summed E-state index contributed by atoms with van der Waals surface area (Å²) in [6.07, 6.45) is -1.80. The summed E-state index contributed by atoms with van der Waals surface area (Å²) in [4.78, 5) is 20.5. The summed E-state index contributed by atoms with van der Waals surface area (Å²) in [5.74, 6) is -2.48. The summed E-state index contributed by atoms with van der Waals surface area (Å²) in [5.41, 5.74) is 3.19. The van der Waals surface area contributed by atoms with E-state index in [9.17, 15) is 30.8 Å². The number of hydrogen-bond donors (Lipinski definition) is 2. The zero-order valence-electron chi connectivity index (χ0n) is 16.3. The summed E-state index contributed by atoms with van der Waals surface area (Å²) in [7, 11) is -3.28. The average Bonchev–Trinajstić information content (AvgIpc) is 2.66. The number of alkyl halides is 3. The molecule has 1 aromatic carbocycles. The van der Waals surface area contributed by atoms with Gasteiger partial charge in [-0.05, 0) is 31.0 Å². The third-order valence-electron chi connectivity index (χ3n) is 4.85. The van der Waals surface area contributed by atoms with Crippen LogP contribution in [-0.2, 0) is 16.2 Å². The van der Waals surface area contributed by atoms with E-state index < -0.39 is 44.5 Å². The first-order valence-electron chi connectivity index (χ1n) is 9.12. The number of piperidine rings is 1. The third-order valence-corrected chi connectivity index (χ3v) is 6.15. The highest BCUT2D eigenvalue weighted by Gasteiger charge is 2.36. The third kappa shape index (κ3) is 5.28. The Morgan fingerprint density at radius 2 is 1.87 bits per heavy atom. The zero-order valence-corrected chi connectivity index (χ0v) is 17.1. The molecule has 0 atom stereocenters. The van der Waals surface area contributed by atoms with E-state index in [4.69, 9.17) is 5.73 Å². The van der Waals surface area contributed by atoms with Gasteiger partial charge < -0.3 is 11.1 Å². The standard InChI is InChI=1S/C18H19F4N5O3S/c1-31(29,30)27-6-4-11(5-7-27)25-17-24-9-13(16(23)26-17)15(28)12-8-10(19)2-3-14(12)18(20,21)22/h2-3,8-9,11H,4-7H2,1H3,(H3,23,24,25,26). The molecule has 2 heterocycles. The van der Waals surface area contributed by atoms with Crippen LogP contribution in [0.25, 0.3) is 0 Å². The van der Waals surface area contributed by atoms with Crippen molar-refractivity contribution in [2.75, 3.05) is 30.4 Å². The number of halogens is 4. The SMILES string of the molecule is CS(=O)(=O)N1CCC(Nc2ncc(C(=O)c3cc(F)ccc3C(F)(F)F)c(N)n2)CC1. The molecule has 31 heavy (non-hydrogen) atoms. The predicted octanol–water partition coefficient (Wildman–Crippen LogP) is 2.28. The highest BCUT2D eigenvalue weighted by Crippen LogP contribution is 2.34. The van der Waals surface area contributed by atoms with Gasteiger partial charge in [-0.2, -0.15) is 18.2 Å². The molecule has 0 spiro atoms. The van der Waals surface area contributed by atoms with E-state index >= 15 is 0 Å². The molecule has 0 bridgehead atoms. The highest BCUT2D eigenvalue weighted by molar-refractivity contribution is 7.88. The first-order chi connectivity index (χ1) is 14.4. The van der Waals surface area contributed by atoms with E-state index in [2.05, 4.69) is 15.3 Å². The molecule has 3 rings (SSSR count). The maximum atomic E-state index is 13.5. The van der Waals surface area contributed by atoms with Crippen molar-refractivity contribution >= 4 is 27.6 Å². The number of nitrogen functional groups attached to an aromatic ring is 1. The number of nitrogens with one attached hydrogen (secondary N) is 1. The van der Waals surface area contributed by atoms with Crippen molar-refractivity contribution in [2.45, 2.75) is 25.1 Å². The van der Waals surface area contributed by atoms with Crippen molar-refractivity contribution in [2.24, 2.45) is 0 Å². The topological polar surface area (TPSA) is 118 Å². The van der Waals surface area contributed by atoms with Crippen LogP contribution in [-0.4, -0.2) is 53.9 Å². The Balaban J connectivity index is 1.78. The van der Waals surface area contributed by atoms with Gasteiger partial charge in [0.1, 0.15) is 11.6 Å². The number of carbonyl (C=O) groups excluding carboxylic acids is 1. The van der Waals surface area contributed by atoms with E-state index in [1.54, 1.807) is 0 Å². The number of carbonyl (C=O) groups is 1. The maximum Gasteiger partial charge on any atom is 0.417 e. The summed E-state index contributed by atoms with van der Waals surface area (Å²) < 4.78 is 77.6. The zero-order chi connectivity index (χ0) is 23.0. The molecule has 13 heteroatoms. The second-order valence-electron chi connectivity index (χ2n) is 7.09. The maximum absolute atomic E-state index is 13.5. The van der Waals surface area contributed by atoms with E-state index in [1.165, 1.54) is 4.31 Å². The molecule has 1 fully saturated rings. The summed E-state index contributed by atoms with van der Waals surface area (Å²) in [6, 6.07) is 1.44. The van der Waals surface area contributed by atoms with Crippen molar-refractivity contribution in [3.8, 4) is 0 Å². The highest BCUT2D eigenvalue weighted by atomic mass is 32.2. The van der Waals surface area contributed by atoms with Gasteiger partial charge in [0.25, 0.3) is 0 Å². The van der Waals surface area contributed by atoms with Crippen LogP contribution >= 0.6 is 0 Å². The van der Waals surface area contributed by atoms with Gasteiger partial charge in [0.05, 0.1) is 17.4 Å². The van der Waals surface area contributed by atoms with Gasteiger partial charge in [-0.25, -0.2) is 22.1 Å². The van der Waals surface area contributed by atoms with Crippen LogP contribution in [0.4, 0.5) is 29.3 Å². The summed E-state index contributed by atoms with van der Waals surface area (Å²) in [6.45, 7) is 0.616. The molecule has 0 amide bonds. The molecule has 1 aliphatic rings. The second-order valence-corrected chi connectivity index (χ2v) is 9.07. The number of sulfonamides is 1. The molecule has 168 valence electrons. The predicted molar refractivity (Wildman–Crippen MR) is 104 cm³/mol. The van der Waals surface area contributed by atoms with Crippen LogP contribution in [0.3, 0.4) is 0 Å². The molecule has 0 aliphatic carbocycles. The lowest BCUT2D eigenvalue weighted by Gasteiger charge is -2.30. The van der Waals surface area contributed by atoms with Crippen LogP contribution in [0.1, 0.15) is 34.3 Å². The number of nitrogens with two attached hydrogens (primary N) is 1. The number of rotatable bonds is 5. The van der Waals surface area contributed by atoms with Gasteiger partial charge in [-0.3, -0.25) is 4.79 Å². The van der Waals surface area contributed by atoms with Crippen molar-refractivity contribution in [1.82, 2.24) is 14.3 Å². The minimum Gasteiger partial charge on any atom is -0.383 e. The molecule has 0 saturated carbocycles. The molecular formula is C18H19F4N5O3S. The van der Waals surface area contributed by atoms with Crippen LogP contribution < -0.4 is 11.1 Å². The molecule has 2 aromatic rings. The van der Waals surface area contributed by atoms with Gasteiger partial charge in [-0.1, -0.05) is 0 Å². The molecule has 8 nitrogen and oxygen atoms in total. The molecular weight excluding hydrogens is 442 g/mol. The van der Waals surface area contributed by atoms with Gasteiger partial charge in [0.15, 0.2) is 5.78 Å². The van der Waals surface area contributed by atoms with Crippen LogP contribution in [0, 0.1) is 5.82 Å². The Hall–Kier alpha value is -2.80. The van der Waals surface area contributed by atoms with Crippen molar-refractivity contribution in [3.63, 3.8) is 0 Å². The van der Waals surface area contributed by atoms with Gasteiger partial charge >= 0.3 is 6.18 Å². The molecule has 1 saturated heterocycles. The summed E-state index contributed by atoms with van der Waals surface area (Å²) in [5, 5.41) is 2.97. The van der Waals surface area contributed by atoms with E-state index in [1.807, 2.05) is 0 Å². The number of anilines is 2. The monoisotopic (exact) mass is 461 g/mol. The van der Waals surface area contributed by atoms with Crippen LogP contribution in [0.5, 0.6) is 0 Å². The Morgan fingerprint density at radius 3 is 2.42 bits per heavy atom. The quantitative estimate of drug-likeness (QED) is 0.518. The largest absolute Gasteiger partial charge is 0.417 e. The first kappa shape index (κ1) is 22.9. The lowest BCUT2D eigenvalue weighted by Crippen LogP contribution is -2.42. The Morgan fingerprint density at radius 1 is 1.23 bits per heavy atom. The number of nitrogens with zero attached hydrogens (tertiary/aromatic N) is 3. The number of hydrogen-bond acceptors (Lipinski definition) is 7. The van der Waals surface area contributed by atoms with Crippen molar-refractivity contribution in [1.29, 1.82) is 0 Å². The van der Waals surface area contributed by atoms with Crippen molar-refractivity contribution in [3.05, 3.63) is 46.9 Å². The Labute approximate surface area is 175 Å². The van der Waals surface area contributed by atoms with Crippen LogP contribution in [0.2, 0.25) is 0 Å². The minimum atomic E-state index is -4.86. The number of ketones is 1. The van der Waals surface area contributed by atoms with E-state index in [0.717, 1.165) is 12.5 Å². The van der Waals surface area contributed by atoms with Gasteiger partial charge in [0.2, 0.25) is 16.0 Å². The first-order valence-corrected chi connectivity index (χ1v) is 11.0. The molecule has 1 aliphatic heterocycles. The molecule has 1 aromatic heterocycles. The molecule has 0 radical (unpaired) electrons. The number of aromatic nitrogens is 2. The fourth-order valence-corrected chi connectivity index (χ4v) is 4.12. The smallest absolute Gasteiger partial charge is 0.383 e. The fraction of sp³-hybridized carbons (Fsp3) is 0.389. The van der Waals surface area contributed by atoms with Gasteiger partial charge in [0, 0.05) is 30.9 Å². The number of benzene rings is 1. The second kappa shape index (κ2) is 8.38. The van der Waals surface area contributed by atoms with E-state index in [-0.39, 0.29) is 17.8 Å². The minimum absolute atomic E-state index is 0.0437. The fourth-order valence-electron chi connectivity index (χ4n) is 3.25. The normalized spacial score (nSPS) is 16.3. The molecule has 3 N–H and O–H groups in total. The summed E-state index contributed by atoms with van der Waals surface area (Å²) >= 11 is 0. The molecule has 0 unspecified atom stereocenters. The van der Waals surface area contributed by atoms with Gasteiger partial charge in [-0.15, -0.1) is 0 Å². The lowest BCUT2D eigenvalue weighted by molar-refractivity contribution is -0.137. The van der Waals surface area contributed by atoms with E-state index in [0.29, 0.717) is 44.1 Å². The van der Waals surface area contributed by atoms with Crippen molar-refractivity contribution < 1.29 is 30.8 Å².